The first-order chi connectivity index (χ1) is 16.8. The number of thioether (sulfide) groups is 1. The fraction of sp³-hybridized carbons (Fsp3) is 0.120. The number of non-ortho nitro benzene ring substituents is 1. The van der Waals surface area contributed by atoms with Gasteiger partial charge >= 0.3 is 0 Å². The van der Waals surface area contributed by atoms with Crippen LogP contribution in [0, 0.1) is 17.0 Å². The smallest absolute Gasteiger partial charge is 0.269 e. The predicted molar refractivity (Wildman–Crippen MR) is 140 cm³/mol. The van der Waals surface area contributed by atoms with Crippen molar-refractivity contribution in [2.45, 2.75) is 13.5 Å². The van der Waals surface area contributed by atoms with E-state index in [1.807, 2.05) is 36.4 Å². The van der Waals surface area contributed by atoms with Gasteiger partial charge in [-0.15, -0.1) is 0 Å². The summed E-state index contributed by atoms with van der Waals surface area (Å²) in [7, 11) is 1.56. The third-order valence-electron chi connectivity index (χ3n) is 5.04. The Bertz CT molecular complexity index is 1360. The Labute approximate surface area is 214 Å². The second kappa shape index (κ2) is 10.7. The number of methoxy groups -OCH3 is 1. The van der Waals surface area contributed by atoms with E-state index in [4.69, 9.17) is 9.47 Å². The number of benzene rings is 3. The number of nitro groups is 1. The summed E-state index contributed by atoms with van der Waals surface area (Å²) < 4.78 is 12.2. The maximum atomic E-state index is 12.5. The molecule has 1 amide bonds. The van der Waals surface area contributed by atoms with Crippen LogP contribution >= 0.6 is 27.7 Å². The molecule has 0 atom stereocenters. The SMILES string of the molecule is COc1cc(/C=C2/SC(=Nc3ccc([N+](=O)[O-])cc3C)NC2=O)cc(Br)c1OCc1ccccc1. The molecule has 10 heteroatoms. The Morgan fingerprint density at radius 2 is 1.94 bits per heavy atom. The van der Waals surface area contributed by atoms with Gasteiger partial charge in [0.25, 0.3) is 11.6 Å². The number of aliphatic imine (C=N–C) groups is 1. The number of hydrogen-bond acceptors (Lipinski definition) is 7. The van der Waals surface area contributed by atoms with Gasteiger partial charge in [0.05, 0.1) is 27.1 Å². The van der Waals surface area contributed by atoms with E-state index < -0.39 is 4.92 Å². The number of amides is 1. The number of carbonyl (C=O) groups excluding carboxylic acids is 1. The third-order valence-corrected chi connectivity index (χ3v) is 6.54. The molecule has 0 bridgehead atoms. The molecule has 35 heavy (non-hydrogen) atoms. The van der Waals surface area contributed by atoms with Crippen LogP contribution in [-0.2, 0) is 11.4 Å². The van der Waals surface area contributed by atoms with Gasteiger partial charge < -0.3 is 14.8 Å². The molecule has 1 N–H and O–H groups in total. The van der Waals surface area contributed by atoms with Crippen molar-refractivity contribution >= 4 is 56.2 Å². The van der Waals surface area contributed by atoms with Crippen molar-refractivity contribution < 1.29 is 19.2 Å². The summed E-state index contributed by atoms with van der Waals surface area (Å²) in [4.78, 5) is 27.9. The number of carbonyl (C=O) groups is 1. The molecular formula is C25H20BrN3O5S. The lowest BCUT2D eigenvalue weighted by Gasteiger charge is -2.13. The lowest BCUT2D eigenvalue weighted by Crippen LogP contribution is -2.19. The summed E-state index contributed by atoms with van der Waals surface area (Å²) in [6, 6.07) is 17.8. The Kier molecular flexibility index (Phi) is 7.52. The molecule has 1 fully saturated rings. The number of nitrogens with zero attached hydrogens (tertiary/aromatic N) is 2. The normalized spacial score (nSPS) is 15.3. The molecular weight excluding hydrogens is 534 g/mol. The second-order valence-corrected chi connectivity index (χ2v) is 9.40. The highest BCUT2D eigenvalue weighted by atomic mass is 79.9. The summed E-state index contributed by atoms with van der Waals surface area (Å²) in [5.74, 6) is 0.812. The van der Waals surface area contributed by atoms with Crippen LogP contribution in [0.5, 0.6) is 11.5 Å². The molecule has 0 unspecified atom stereocenters. The number of aryl methyl sites for hydroxylation is 1. The largest absolute Gasteiger partial charge is 0.493 e. The third kappa shape index (κ3) is 5.90. The van der Waals surface area contributed by atoms with Crippen molar-refractivity contribution in [1.82, 2.24) is 5.32 Å². The highest BCUT2D eigenvalue weighted by Crippen LogP contribution is 2.39. The summed E-state index contributed by atoms with van der Waals surface area (Å²) in [6.45, 7) is 2.12. The van der Waals surface area contributed by atoms with Gasteiger partial charge in [0.2, 0.25) is 0 Å². The van der Waals surface area contributed by atoms with Crippen molar-refractivity contribution in [2.24, 2.45) is 4.99 Å². The van der Waals surface area contributed by atoms with Gasteiger partial charge in [-0.2, -0.15) is 0 Å². The average Bonchev–Trinajstić information content (AvgIpc) is 3.18. The molecule has 3 aromatic rings. The number of nitro benzene ring substituents is 1. The summed E-state index contributed by atoms with van der Waals surface area (Å²) in [6.07, 6.45) is 1.74. The fourth-order valence-corrected chi connectivity index (χ4v) is 4.72. The fourth-order valence-electron chi connectivity index (χ4n) is 3.31. The monoisotopic (exact) mass is 553 g/mol. The van der Waals surface area contributed by atoms with E-state index in [0.29, 0.717) is 43.9 Å². The van der Waals surface area contributed by atoms with Crippen molar-refractivity contribution in [3.05, 3.63) is 96.8 Å². The van der Waals surface area contributed by atoms with E-state index >= 15 is 0 Å². The molecule has 0 radical (unpaired) electrons. The van der Waals surface area contributed by atoms with Crippen molar-refractivity contribution in [3.63, 3.8) is 0 Å². The van der Waals surface area contributed by atoms with E-state index in [9.17, 15) is 14.9 Å². The molecule has 0 aromatic heterocycles. The number of rotatable bonds is 7. The molecule has 0 spiro atoms. The van der Waals surface area contributed by atoms with Crippen LogP contribution in [-0.4, -0.2) is 23.1 Å². The minimum Gasteiger partial charge on any atom is -0.493 e. The zero-order valence-electron chi connectivity index (χ0n) is 18.8. The van der Waals surface area contributed by atoms with Gasteiger partial charge in [-0.05, 0) is 75.6 Å². The zero-order chi connectivity index (χ0) is 24.9. The Morgan fingerprint density at radius 1 is 1.17 bits per heavy atom. The van der Waals surface area contributed by atoms with Gasteiger partial charge in [0.15, 0.2) is 16.7 Å². The quantitative estimate of drug-likeness (QED) is 0.214. The van der Waals surface area contributed by atoms with Crippen LogP contribution in [0.4, 0.5) is 11.4 Å². The molecule has 4 rings (SSSR count). The van der Waals surface area contributed by atoms with Crippen LogP contribution in [0.25, 0.3) is 6.08 Å². The van der Waals surface area contributed by atoms with E-state index in [-0.39, 0.29) is 11.6 Å². The maximum Gasteiger partial charge on any atom is 0.269 e. The van der Waals surface area contributed by atoms with Gasteiger partial charge in [-0.1, -0.05) is 30.3 Å². The van der Waals surface area contributed by atoms with Gasteiger partial charge in [-0.25, -0.2) is 4.99 Å². The Morgan fingerprint density at radius 3 is 2.63 bits per heavy atom. The molecule has 1 heterocycles. The lowest BCUT2D eigenvalue weighted by atomic mass is 10.2. The minimum atomic E-state index is -0.457. The topological polar surface area (TPSA) is 103 Å². The Hall–Kier alpha value is -3.63. The number of nitrogens with one attached hydrogen (secondary N) is 1. The van der Waals surface area contributed by atoms with Gasteiger partial charge in [0, 0.05) is 12.1 Å². The molecule has 3 aromatic carbocycles. The Balaban J connectivity index is 1.54. The van der Waals surface area contributed by atoms with Crippen LogP contribution < -0.4 is 14.8 Å². The van der Waals surface area contributed by atoms with Gasteiger partial charge in [0.1, 0.15) is 6.61 Å². The zero-order valence-corrected chi connectivity index (χ0v) is 21.2. The van der Waals surface area contributed by atoms with E-state index in [1.54, 1.807) is 32.2 Å². The maximum absolute atomic E-state index is 12.5. The summed E-state index contributed by atoms with van der Waals surface area (Å²) >= 11 is 4.73. The first kappa shape index (κ1) is 24.5. The van der Waals surface area contributed by atoms with Gasteiger partial charge in [-0.3, -0.25) is 14.9 Å². The minimum absolute atomic E-state index is 0.00846. The first-order valence-corrected chi connectivity index (χ1v) is 12.0. The second-order valence-electron chi connectivity index (χ2n) is 7.52. The lowest BCUT2D eigenvalue weighted by molar-refractivity contribution is -0.384. The highest BCUT2D eigenvalue weighted by Gasteiger charge is 2.24. The number of ether oxygens (including phenoxy) is 2. The van der Waals surface area contributed by atoms with Crippen molar-refractivity contribution in [3.8, 4) is 11.5 Å². The summed E-state index contributed by atoms with van der Waals surface area (Å²) in [5.41, 5.74) is 2.95. The number of halogens is 1. The van der Waals surface area contributed by atoms with E-state index in [0.717, 1.165) is 11.1 Å². The average molecular weight is 554 g/mol. The molecule has 0 saturated carbocycles. The molecule has 8 nitrogen and oxygen atoms in total. The highest BCUT2D eigenvalue weighted by molar-refractivity contribution is 9.10. The van der Waals surface area contributed by atoms with Crippen molar-refractivity contribution in [1.29, 1.82) is 0 Å². The van der Waals surface area contributed by atoms with E-state index in [1.165, 1.54) is 23.9 Å². The first-order valence-electron chi connectivity index (χ1n) is 10.4. The summed E-state index contributed by atoms with van der Waals surface area (Å²) in [5, 5.41) is 14.1. The standard InChI is InChI=1S/C25H20BrN3O5S/c1-15-10-18(29(31)32)8-9-20(15)27-25-28-24(30)22(35-25)13-17-11-19(26)23(21(12-17)33-2)34-14-16-6-4-3-5-7-16/h3-13H,14H2,1-2H3,(H,27,28,30)/b22-13+. The molecule has 178 valence electrons. The van der Waals surface area contributed by atoms with E-state index in [2.05, 4.69) is 26.2 Å². The van der Waals surface area contributed by atoms with Crippen molar-refractivity contribution in [2.75, 3.05) is 7.11 Å². The number of hydrogen-bond donors (Lipinski definition) is 1. The van der Waals surface area contributed by atoms with Crippen LogP contribution in [0.15, 0.2) is 75.0 Å². The molecule has 0 aliphatic carbocycles. The van der Waals surface area contributed by atoms with Crippen LogP contribution in [0.2, 0.25) is 0 Å². The van der Waals surface area contributed by atoms with Crippen LogP contribution in [0.3, 0.4) is 0 Å². The molecule has 1 aliphatic rings. The molecule has 1 aliphatic heterocycles. The number of amidine groups is 1. The predicted octanol–water partition coefficient (Wildman–Crippen LogP) is 6.14. The van der Waals surface area contributed by atoms with Crippen LogP contribution in [0.1, 0.15) is 16.7 Å². The molecule has 1 saturated heterocycles.